The van der Waals surface area contributed by atoms with Crippen molar-refractivity contribution >= 4 is 11.7 Å². The number of carbonyl (C=O) groups is 1. The van der Waals surface area contributed by atoms with Crippen LogP contribution in [0.5, 0.6) is 11.5 Å². The highest BCUT2D eigenvalue weighted by Gasteiger charge is 2.23. The summed E-state index contributed by atoms with van der Waals surface area (Å²) in [6, 6.07) is 8.75. The summed E-state index contributed by atoms with van der Waals surface area (Å²) in [7, 11) is 1.60. The lowest BCUT2D eigenvalue weighted by Gasteiger charge is -2.24. The van der Waals surface area contributed by atoms with Crippen molar-refractivity contribution in [2.45, 2.75) is 19.4 Å². The van der Waals surface area contributed by atoms with Crippen molar-refractivity contribution in [2.75, 3.05) is 7.11 Å². The first-order valence-corrected chi connectivity index (χ1v) is 7.20. The number of rotatable bonds is 3. The molecule has 0 bridgehead atoms. The van der Waals surface area contributed by atoms with Gasteiger partial charge in [0.25, 0.3) is 0 Å². The molecule has 118 valence electrons. The second-order valence-electron chi connectivity index (χ2n) is 5.15. The molecule has 1 aromatic carbocycles. The third-order valence-electron chi connectivity index (χ3n) is 3.44. The number of pyridine rings is 1. The lowest BCUT2D eigenvalue weighted by molar-refractivity contribution is 0.0512. The van der Waals surface area contributed by atoms with Gasteiger partial charge in [-0.2, -0.15) is 0 Å². The Labute approximate surface area is 133 Å². The van der Waals surface area contributed by atoms with Crippen LogP contribution < -0.4 is 9.47 Å². The summed E-state index contributed by atoms with van der Waals surface area (Å²) >= 11 is 0. The van der Waals surface area contributed by atoms with Gasteiger partial charge in [0, 0.05) is 30.4 Å². The Hall–Kier alpha value is -2.89. The molecular weight excluding hydrogens is 296 g/mol. The van der Waals surface area contributed by atoms with Gasteiger partial charge in [0.05, 0.1) is 18.4 Å². The number of fused-ring (bicyclic) bond motifs is 1. The molecule has 0 saturated heterocycles. The van der Waals surface area contributed by atoms with E-state index < -0.39 is 5.97 Å². The molecule has 1 atom stereocenters. The van der Waals surface area contributed by atoms with Gasteiger partial charge in [-0.3, -0.25) is 4.98 Å². The second kappa shape index (κ2) is 6.48. The van der Waals surface area contributed by atoms with Crippen molar-refractivity contribution in [3.05, 3.63) is 53.9 Å². The van der Waals surface area contributed by atoms with Crippen LogP contribution >= 0.6 is 0 Å². The van der Waals surface area contributed by atoms with Gasteiger partial charge < -0.3 is 14.3 Å². The van der Waals surface area contributed by atoms with Crippen LogP contribution in [-0.2, 0) is 4.84 Å². The van der Waals surface area contributed by atoms with Gasteiger partial charge >= 0.3 is 5.97 Å². The summed E-state index contributed by atoms with van der Waals surface area (Å²) in [6.07, 6.45) is 3.52. The molecule has 0 aliphatic carbocycles. The number of hydrogen-bond donors (Lipinski definition) is 0. The minimum Gasteiger partial charge on any atom is -0.497 e. The highest BCUT2D eigenvalue weighted by molar-refractivity contribution is 6.04. The number of methoxy groups -OCH3 is 1. The molecule has 0 N–H and O–H groups in total. The van der Waals surface area contributed by atoms with Gasteiger partial charge in [-0.25, -0.2) is 4.79 Å². The maximum Gasteiger partial charge on any atom is 0.367 e. The predicted octanol–water partition coefficient (Wildman–Crippen LogP) is 2.82. The molecule has 6 heteroatoms. The van der Waals surface area contributed by atoms with E-state index >= 15 is 0 Å². The number of benzene rings is 1. The second-order valence-corrected chi connectivity index (χ2v) is 5.15. The van der Waals surface area contributed by atoms with E-state index in [9.17, 15) is 4.79 Å². The zero-order valence-electron chi connectivity index (χ0n) is 12.9. The minimum absolute atomic E-state index is 0.0644. The number of oxime groups is 1. The normalized spacial score (nSPS) is 18.0. The van der Waals surface area contributed by atoms with Gasteiger partial charge in [-0.05, 0) is 31.2 Å². The first kappa shape index (κ1) is 15.0. The van der Waals surface area contributed by atoms with E-state index in [4.69, 9.17) is 14.3 Å². The van der Waals surface area contributed by atoms with Crippen LogP contribution in [0.15, 0.2) is 47.9 Å². The maximum absolute atomic E-state index is 12.0. The molecule has 1 aliphatic rings. The fraction of sp³-hybridized carbons (Fsp3) is 0.235. The Kier molecular flexibility index (Phi) is 4.23. The van der Waals surface area contributed by atoms with Crippen LogP contribution in [0.1, 0.15) is 29.3 Å². The van der Waals surface area contributed by atoms with Gasteiger partial charge in [0.15, 0.2) is 0 Å². The molecule has 0 fully saturated rings. The first-order chi connectivity index (χ1) is 11.2. The Morgan fingerprint density at radius 3 is 3.00 bits per heavy atom. The maximum atomic E-state index is 12.0. The SMILES string of the molecule is COc1ccc2c(c1)OC(C)CC2=NOC(=O)c1cccnc1. The molecule has 1 unspecified atom stereocenters. The third kappa shape index (κ3) is 3.31. The van der Waals surface area contributed by atoms with Gasteiger partial charge in [-0.15, -0.1) is 0 Å². The largest absolute Gasteiger partial charge is 0.497 e. The number of ether oxygens (including phenoxy) is 2. The quantitative estimate of drug-likeness (QED) is 0.644. The van der Waals surface area contributed by atoms with Crippen molar-refractivity contribution in [1.82, 2.24) is 4.98 Å². The summed E-state index contributed by atoms with van der Waals surface area (Å²) in [5.41, 5.74) is 1.81. The zero-order valence-corrected chi connectivity index (χ0v) is 12.9. The minimum atomic E-state index is -0.542. The number of hydrogen-bond acceptors (Lipinski definition) is 6. The topological polar surface area (TPSA) is 70.0 Å². The Morgan fingerprint density at radius 1 is 1.39 bits per heavy atom. The highest BCUT2D eigenvalue weighted by Crippen LogP contribution is 2.31. The summed E-state index contributed by atoms with van der Waals surface area (Å²) in [5, 5.41) is 4.03. The van der Waals surface area contributed by atoms with Crippen molar-refractivity contribution in [1.29, 1.82) is 0 Å². The molecule has 0 saturated carbocycles. The molecule has 6 nitrogen and oxygen atoms in total. The monoisotopic (exact) mass is 312 g/mol. The molecule has 0 radical (unpaired) electrons. The summed E-state index contributed by atoms with van der Waals surface area (Å²) in [4.78, 5) is 20.9. The summed E-state index contributed by atoms with van der Waals surface area (Å²) in [5.74, 6) is 0.823. The number of nitrogens with zero attached hydrogens (tertiary/aromatic N) is 2. The van der Waals surface area contributed by atoms with Crippen molar-refractivity contribution in [3.8, 4) is 11.5 Å². The van der Waals surface area contributed by atoms with E-state index in [1.807, 2.05) is 19.1 Å². The van der Waals surface area contributed by atoms with E-state index in [0.29, 0.717) is 29.2 Å². The average Bonchev–Trinajstić information content (AvgIpc) is 2.59. The van der Waals surface area contributed by atoms with E-state index in [2.05, 4.69) is 10.1 Å². The van der Waals surface area contributed by atoms with Crippen LogP contribution in [0.4, 0.5) is 0 Å². The van der Waals surface area contributed by atoms with E-state index in [0.717, 1.165) is 5.56 Å². The lowest BCUT2D eigenvalue weighted by Crippen LogP contribution is -2.25. The molecular formula is C17H16N2O4. The van der Waals surface area contributed by atoms with Crippen LogP contribution in [0, 0.1) is 0 Å². The number of aromatic nitrogens is 1. The smallest absolute Gasteiger partial charge is 0.367 e. The van der Waals surface area contributed by atoms with E-state index in [1.165, 1.54) is 6.20 Å². The molecule has 2 aromatic rings. The first-order valence-electron chi connectivity index (χ1n) is 7.20. The van der Waals surface area contributed by atoms with Crippen LogP contribution in [-0.4, -0.2) is 29.9 Å². The van der Waals surface area contributed by atoms with Crippen LogP contribution in [0.2, 0.25) is 0 Å². The van der Waals surface area contributed by atoms with Crippen molar-refractivity contribution in [2.24, 2.45) is 5.16 Å². The molecule has 0 spiro atoms. The summed E-state index contributed by atoms with van der Waals surface area (Å²) in [6.45, 7) is 1.93. The Morgan fingerprint density at radius 2 is 2.26 bits per heavy atom. The molecule has 1 aromatic heterocycles. The van der Waals surface area contributed by atoms with E-state index in [1.54, 1.807) is 31.5 Å². The highest BCUT2D eigenvalue weighted by atomic mass is 16.7. The predicted molar refractivity (Wildman–Crippen MR) is 83.9 cm³/mol. The fourth-order valence-electron chi connectivity index (χ4n) is 2.33. The fourth-order valence-corrected chi connectivity index (χ4v) is 2.33. The zero-order chi connectivity index (χ0) is 16.2. The van der Waals surface area contributed by atoms with Crippen LogP contribution in [0.25, 0.3) is 0 Å². The van der Waals surface area contributed by atoms with Gasteiger partial charge in [0.2, 0.25) is 0 Å². The lowest BCUT2D eigenvalue weighted by atomic mass is 10.0. The molecule has 2 heterocycles. The summed E-state index contributed by atoms with van der Waals surface area (Å²) < 4.78 is 11.0. The van der Waals surface area contributed by atoms with Gasteiger partial charge in [-0.1, -0.05) is 5.16 Å². The van der Waals surface area contributed by atoms with E-state index in [-0.39, 0.29) is 6.10 Å². The third-order valence-corrected chi connectivity index (χ3v) is 3.44. The average molecular weight is 312 g/mol. The van der Waals surface area contributed by atoms with Gasteiger partial charge in [0.1, 0.15) is 17.6 Å². The number of carbonyl (C=O) groups excluding carboxylic acids is 1. The molecule has 23 heavy (non-hydrogen) atoms. The van der Waals surface area contributed by atoms with Crippen LogP contribution in [0.3, 0.4) is 0 Å². The van der Waals surface area contributed by atoms with Crippen molar-refractivity contribution in [3.63, 3.8) is 0 Å². The standard InChI is InChI=1S/C17H16N2O4/c1-11-8-15(14-6-5-13(21-2)9-16(14)22-11)19-23-17(20)12-4-3-7-18-10-12/h3-7,9-11H,8H2,1-2H3. The molecule has 3 rings (SSSR count). The molecule has 1 aliphatic heterocycles. The molecule has 0 amide bonds. The Balaban J connectivity index is 1.84. The Bertz CT molecular complexity index is 744. The van der Waals surface area contributed by atoms with Crippen molar-refractivity contribution < 1.29 is 19.1 Å².